The molecular weight excluding hydrogens is 168 g/mol. The molecule has 1 amide bonds. The van der Waals surface area contributed by atoms with Crippen LogP contribution in [0.2, 0.25) is 0 Å². The van der Waals surface area contributed by atoms with Crippen molar-refractivity contribution in [1.82, 2.24) is 0 Å². The first-order chi connectivity index (χ1) is 6.27. The molecule has 0 aliphatic rings. The summed E-state index contributed by atoms with van der Waals surface area (Å²) in [7, 11) is 0. The Morgan fingerprint density at radius 2 is 2.15 bits per heavy atom. The zero-order valence-electron chi connectivity index (χ0n) is 6.86. The van der Waals surface area contributed by atoms with Gasteiger partial charge >= 0.3 is 0 Å². The molecule has 0 fully saturated rings. The number of amides is 1. The van der Waals surface area contributed by atoms with Crippen LogP contribution in [0, 0.1) is 4.91 Å². The Morgan fingerprint density at radius 1 is 1.46 bits per heavy atom. The van der Waals surface area contributed by atoms with Crippen molar-refractivity contribution in [3.05, 3.63) is 41.8 Å². The van der Waals surface area contributed by atoms with Gasteiger partial charge in [-0.25, -0.2) is 0 Å². The molecule has 1 N–H and O–H groups in total. The van der Waals surface area contributed by atoms with Gasteiger partial charge in [-0.2, -0.15) is 0 Å². The lowest BCUT2D eigenvalue weighted by atomic mass is 10.2. The minimum absolute atomic E-state index is 0.206. The monoisotopic (exact) mass is 176 g/mol. The number of nitrogens with zero attached hydrogens (tertiary/aromatic N) is 1. The molecule has 0 aromatic heterocycles. The van der Waals surface area contributed by atoms with Crippen LogP contribution < -0.4 is 5.32 Å². The van der Waals surface area contributed by atoms with Crippen molar-refractivity contribution in [3.8, 4) is 0 Å². The molecule has 4 nitrogen and oxygen atoms in total. The summed E-state index contributed by atoms with van der Waals surface area (Å²) >= 11 is 0. The highest BCUT2D eigenvalue weighted by atomic mass is 16.3. The van der Waals surface area contributed by atoms with Gasteiger partial charge in [0.05, 0.1) is 5.69 Å². The van der Waals surface area contributed by atoms with Gasteiger partial charge in [0.25, 0.3) is 0 Å². The highest BCUT2D eigenvalue weighted by Crippen LogP contribution is 2.23. The molecule has 0 aliphatic carbocycles. The summed E-state index contributed by atoms with van der Waals surface area (Å²) in [6.45, 7) is 3.29. The first-order valence-electron chi connectivity index (χ1n) is 3.63. The van der Waals surface area contributed by atoms with E-state index < -0.39 is 0 Å². The quantitative estimate of drug-likeness (QED) is 0.567. The molecule has 0 heterocycles. The van der Waals surface area contributed by atoms with E-state index in [1.54, 1.807) is 18.2 Å². The average Bonchev–Trinajstić information content (AvgIpc) is 2.18. The van der Waals surface area contributed by atoms with E-state index in [1.807, 2.05) is 0 Å². The number of benzene rings is 1. The molecule has 66 valence electrons. The van der Waals surface area contributed by atoms with Crippen molar-refractivity contribution in [1.29, 1.82) is 0 Å². The number of carbonyl (C=O) groups excluding carboxylic acids is 1. The molecule has 1 rings (SSSR count). The number of nitroso groups, excluding NO2 is 1. The number of para-hydroxylation sites is 1. The summed E-state index contributed by atoms with van der Waals surface area (Å²) in [6.07, 6.45) is 1.13. The summed E-state index contributed by atoms with van der Waals surface area (Å²) in [6, 6.07) is 6.48. The molecule has 0 unspecified atom stereocenters. The first-order valence-corrected chi connectivity index (χ1v) is 3.63. The van der Waals surface area contributed by atoms with Gasteiger partial charge in [-0.05, 0) is 23.4 Å². The van der Waals surface area contributed by atoms with Crippen molar-refractivity contribution in [3.63, 3.8) is 0 Å². The smallest absolute Gasteiger partial charge is 0.247 e. The number of hydrogen-bond acceptors (Lipinski definition) is 3. The second kappa shape index (κ2) is 4.15. The molecule has 13 heavy (non-hydrogen) atoms. The van der Waals surface area contributed by atoms with Gasteiger partial charge in [0.15, 0.2) is 0 Å². The first kappa shape index (κ1) is 9.12. The van der Waals surface area contributed by atoms with Crippen LogP contribution >= 0.6 is 0 Å². The minimum Gasteiger partial charge on any atom is -0.321 e. The lowest BCUT2D eigenvalue weighted by Gasteiger charge is -2.02. The third kappa shape index (κ3) is 2.23. The zero-order valence-corrected chi connectivity index (χ0v) is 6.86. The largest absolute Gasteiger partial charge is 0.321 e. The van der Waals surface area contributed by atoms with Crippen LogP contribution in [0.1, 0.15) is 0 Å². The van der Waals surface area contributed by atoms with Gasteiger partial charge in [-0.1, -0.05) is 18.7 Å². The van der Waals surface area contributed by atoms with Crippen LogP contribution in [0.15, 0.2) is 42.1 Å². The van der Waals surface area contributed by atoms with Crippen molar-refractivity contribution < 1.29 is 4.79 Å². The molecule has 0 bridgehead atoms. The van der Waals surface area contributed by atoms with Crippen LogP contribution in [0.25, 0.3) is 0 Å². The summed E-state index contributed by atoms with van der Waals surface area (Å²) < 4.78 is 0. The minimum atomic E-state index is -0.365. The fraction of sp³-hybridized carbons (Fsp3) is 0. The highest BCUT2D eigenvalue weighted by molar-refractivity contribution is 6.00. The molecular formula is C9H8N2O2. The van der Waals surface area contributed by atoms with Gasteiger partial charge in [-0.15, -0.1) is 4.91 Å². The molecule has 4 heteroatoms. The topological polar surface area (TPSA) is 58.5 Å². The third-order valence-corrected chi connectivity index (χ3v) is 1.45. The summed E-state index contributed by atoms with van der Waals surface area (Å²) in [5.41, 5.74) is 0.597. The standard InChI is InChI=1S/C9H8N2O2/c1-2-9(12)10-7-5-3-4-6-8(7)11-13/h2-6H,1H2,(H,10,12). The molecule has 1 aromatic carbocycles. The molecule has 0 saturated carbocycles. The zero-order chi connectivity index (χ0) is 9.68. The van der Waals surface area contributed by atoms with E-state index >= 15 is 0 Å². The Labute approximate surface area is 75.2 Å². The van der Waals surface area contributed by atoms with E-state index in [4.69, 9.17) is 0 Å². The Kier molecular flexibility index (Phi) is 2.92. The van der Waals surface area contributed by atoms with Crippen LogP contribution in [0.3, 0.4) is 0 Å². The van der Waals surface area contributed by atoms with Gasteiger partial charge in [0, 0.05) is 0 Å². The van der Waals surface area contributed by atoms with Gasteiger partial charge in [0.2, 0.25) is 5.91 Å². The summed E-state index contributed by atoms with van der Waals surface area (Å²) in [5, 5.41) is 5.22. The fourth-order valence-electron chi connectivity index (χ4n) is 0.843. The molecule has 0 aliphatic heterocycles. The second-order valence-corrected chi connectivity index (χ2v) is 2.30. The molecule has 1 aromatic rings. The van der Waals surface area contributed by atoms with Gasteiger partial charge in [0.1, 0.15) is 5.69 Å². The fourth-order valence-corrected chi connectivity index (χ4v) is 0.843. The van der Waals surface area contributed by atoms with Crippen molar-refractivity contribution in [2.75, 3.05) is 5.32 Å². The third-order valence-electron chi connectivity index (χ3n) is 1.45. The predicted octanol–water partition coefficient (Wildman–Crippen LogP) is 2.21. The number of hydrogen-bond donors (Lipinski definition) is 1. The Balaban J connectivity index is 2.93. The maximum absolute atomic E-state index is 10.9. The molecule has 0 spiro atoms. The highest BCUT2D eigenvalue weighted by Gasteiger charge is 2.02. The van der Waals surface area contributed by atoms with Gasteiger partial charge in [-0.3, -0.25) is 4.79 Å². The van der Waals surface area contributed by atoms with Crippen LogP contribution in [0.5, 0.6) is 0 Å². The van der Waals surface area contributed by atoms with E-state index in [0.717, 1.165) is 6.08 Å². The summed E-state index contributed by atoms with van der Waals surface area (Å²) in [4.78, 5) is 21.1. The number of rotatable bonds is 3. The van der Waals surface area contributed by atoms with Crippen LogP contribution in [-0.2, 0) is 4.79 Å². The lowest BCUT2D eigenvalue weighted by molar-refractivity contribution is -0.111. The van der Waals surface area contributed by atoms with Crippen molar-refractivity contribution in [2.45, 2.75) is 0 Å². The van der Waals surface area contributed by atoms with E-state index in [-0.39, 0.29) is 11.6 Å². The second-order valence-electron chi connectivity index (χ2n) is 2.30. The average molecular weight is 176 g/mol. The Hall–Kier alpha value is -1.97. The maximum atomic E-state index is 10.9. The number of carbonyl (C=O) groups is 1. The van der Waals surface area contributed by atoms with Crippen molar-refractivity contribution in [2.24, 2.45) is 5.18 Å². The predicted molar refractivity (Wildman–Crippen MR) is 50.7 cm³/mol. The van der Waals surface area contributed by atoms with Gasteiger partial charge < -0.3 is 5.32 Å². The molecule has 0 radical (unpaired) electrons. The SMILES string of the molecule is C=CC(=O)Nc1ccccc1N=O. The van der Waals surface area contributed by atoms with E-state index in [2.05, 4.69) is 17.1 Å². The van der Waals surface area contributed by atoms with Crippen LogP contribution in [0.4, 0.5) is 11.4 Å². The van der Waals surface area contributed by atoms with E-state index in [9.17, 15) is 9.70 Å². The Morgan fingerprint density at radius 3 is 2.77 bits per heavy atom. The summed E-state index contributed by atoms with van der Waals surface area (Å²) in [5.74, 6) is -0.365. The number of anilines is 1. The van der Waals surface area contributed by atoms with E-state index in [1.165, 1.54) is 6.07 Å². The number of nitrogens with one attached hydrogen (secondary N) is 1. The van der Waals surface area contributed by atoms with Crippen LogP contribution in [-0.4, -0.2) is 5.91 Å². The maximum Gasteiger partial charge on any atom is 0.247 e. The normalized spacial score (nSPS) is 8.92. The molecule has 0 atom stereocenters. The Bertz CT molecular complexity index is 347. The van der Waals surface area contributed by atoms with E-state index in [0.29, 0.717) is 5.69 Å². The lowest BCUT2D eigenvalue weighted by Crippen LogP contribution is -2.06. The van der Waals surface area contributed by atoms with Crippen molar-refractivity contribution >= 4 is 17.3 Å². The molecule has 0 saturated heterocycles.